The number of furan rings is 1. The molecule has 0 spiro atoms. The van der Waals surface area contributed by atoms with Gasteiger partial charge in [0.15, 0.2) is 5.76 Å². The number of Topliss-reactive ketones (excluding diaryl/α,β-unsaturated/α-hetero) is 1. The number of carbonyl (C=O) groups excluding carboxylic acids is 1. The van der Waals surface area contributed by atoms with Crippen molar-refractivity contribution in [3.05, 3.63) is 51.9 Å². The first-order valence-electron chi connectivity index (χ1n) is 5.52. The van der Waals surface area contributed by atoms with Gasteiger partial charge >= 0.3 is 0 Å². The van der Waals surface area contributed by atoms with Gasteiger partial charge in [-0.2, -0.15) is 0 Å². The fraction of sp³-hybridized carbons (Fsp3) is 0.214. The second-order valence-electron chi connectivity index (χ2n) is 3.98. The first kappa shape index (κ1) is 12.9. The Hall–Kier alpha value is -1.55. The molecule has 0 aliphatic carbocycles. The highest BCUT2D eigenvalue weighted by atomic mass is 79.9. The van der Waals surface area contributed by atoms with E-state index >= 15 is 0 Å². The van der Waals surface area contributed by atoms with Crippen molar-refractivity contribution in [2.24, 2.45) is 0 Å². The third kappa shape index (κ3) is 2.82. The highest BCUT2D eigenvalue weighted by Crippen LogP contribution is 2.26. The maximum absolute atomic E-state index is 12.0. The SMILES string of the molecule is COc1ccc(CC(=O)c2ccc(C)o2)cc1Br. The molecule has 1 heterocycles. The summed E-state index contributed by atoms with van der Waals surface area (Å²) in [5.41, 5.74) is 0.918. The Morgan fingerprint density at radius 1 is 1.33 bits per heavy atom. The zero-order valence-electron chi connectivity index (χ0n) is 10.2. The van der Waals surface area contributed by atoms with Gasteiger partial charge in [-0.3, -0.25) is 4.79 Å². The lowest BCUT2D eigenvalue weighted by atomic mass is 10.1. The third-order valence-corrected chi connectivity index (χ3v) is 3.22. The lowest BCUT2D eigenvalue weighted by molar-refractivity contribution is 0.0965. The quantitative estimate of drug-likeness (QED) is 0.807. The Bertz CT molecular complexity index is 572. The Kier molecular flexibility index (Phi) is 3.87. The van der Waals surface area contributed by atoms with Crippen LogP contribution in [-0.4, -0.2) is 12.9 Å². The molecule has 0 saturated heterocycles. The van der Waals surface area contributed by atoms with Gasteiger partial charge in [0.1, 0.15) is 11.5 Å². The van der Waals surface area contributed by atoms with Crippen LogP contribution in [0.5, 0.6) is 5.75 Å². The summed E-state index contributed by atoms with van der Waals surface area (Å²) in [6.07, 6.45) is 0.315. The Morgan fingerprint density at radius 3 is 2.67 bits per heavy atom. The van der Waals surface area contributed by atoms with Crippen molar-refractivity contribution in [1.29, 1.82) is 0 Å². The summed E-state index contributed by atoms with van der Waals surface area (Å²) in [6.45, 7) is 1.82. The zero-order valence-corrected chi connectivity index (χ0v) is 11.8. The number of halogens is 1. The number of hydrogen-bond acceptors (Lipinski definition) is 3. The highest BCUT2D eigenvalue weighted by molar-refractivity contribution is 9.10. The van der Waals surface area contributed by atoms with Gasteiger partial charge < -0.3 is 9.15 Å². The standard InChI is InChI=1S/C14H13BrO3/c1-9-3-5-14(18-9)12(16)8-10-4-6-13(17-2)11(15)7-10/h3-7H,8H2,1-2H3. The number of rotatable bonds is 4. The highest BCUT2D eigenvalue weighted by Gasteiger charge is 2.12. The molecule has 0 radical (unpaired) electrons. The molecular formula is C14H13BrO3. The minimum Gasteiger partial charge on any atom is -0.496 e. The summed E-state index contributed by atoms with van der Waals surface area (Å²) in [5.74, 6) is 1.87. The van der Waals surface area contributed by atoms with E-state index in [1.54, 1.807) is 19.2 Å². The molecule has 0 atom stereocenters. The number of carbonyl (C=O) groups is 1. The van der Waals surface area contributed by atoms with Gasteiger partial charge in [-0.15, -0.1) is 0 Å². The lowest BCUT2D eigenvalue weighted by Gasteiger charge is -2.05. The van der Waals surface area contributed by atoms with E-state index < -0.39 is 0 Å². The van der Waals surface area contributed by atoms with Crippen LogP contribution in [0.4, 0.5) is 0 Å². The van der Waals surface area contributed by atoms with E-state index in [1.165, 1.54) is 0 Å². The first-order chi connectivity index (χ1) is 8.60. The van der Waals surface area contributed by atoms with Crippen LogP contribution in [0.1, 0.15) is 21.9 Å². The second-order valence-corrected chi connectivity index (χ2v) is 4.83. The number of methoxy groups -OCH3 is 1. The minimum absolute atomic E-state index is 0.0276. The van der Waals surface area contributed by atoms with Crippen LogP contribution in [0.2, 0.25) is 0 Å². The van der Waals surface area contributed by atoms with E-state index in [4.69, 9.17) is 9.15 Å². The van der Waals surface area contributed by atoms with Crippen molar-refractivity contribution >= 4 is 21.7 Å². The number of ketones is 1. The number of benzene rings is 1. The molecule has 4 heteroatoms. The van der Waals surface area contributed by atoms with Gasteiger partial charge in [-0.25, -0.2) is 0 Å². The largest absolute Gasteiger partial charge is 0.496 e. The predicted molar refractivity (Wildman–Crippen MR) is 72.2 cm³/mol. The maximum atomic E-state index is 12.0. The molecule has 0 fully saturated rings. The van der Waals surface area contributed by atoms with Gasteiger partial charge in [0, 0.05) is 6.42 Å². The molecule has 1 aromatic heterocycles. The van der Waals surface area contributed by atoms with E-state index in [-0.39, 0.29) is 5.78 Å². The van der Waals surface area contributed by atoms with Crippen molar-refractivity contribution in [2.75, 3.05) is 7.11 Å². The molecule has 94 valence electrons. The predicted octanol–water partition coefficient (Wildman–Crippen LogP) is 3.78. The van der Waals surface area contributed by atoms with Crippen molar-refractivity contribution in [2.45, 2.75) is 13.3 Å². The summed E-state index contributed by atoms with van der Waals surface area (Å²) in [5, 5.41) is 0. The number of aryl methyl sites for hydroxylation is 1. The van der Waals surface area contributed by atoms with E-state index in [9.17, 15) is 4.79 Å². The monoisotopic (exact) mass is 308 g/mol. The molecule has 0 amide bonds. The van der Waals surface area contributed by atoms with Gasteiger partial charge in [0.2, 0.25) is 5.78 Å². The van der Waals surface area contributed by atoms with E-state index in [2.05, 4.69) is 15.9 Å². The molecule has 18 heavy (non-hydrogen) atoms. The summed E-state index contributed by atoms with van der Waals surface area (Å²) in [4.78, 5) is 12.0. The molecule has 0 N–H and O–H groups in total. The van der Waals surface area contributed by atoms with E-state index in [0.717, 1.165) is 21.5 Å². The fourth-order valence-electron chi connectivity index (χ4n) is 1.68. The van der Waals surface area contributed by atoms with Crippen LogP contribution in [0.3, 0.4) is 0 Å². The van der Waals surface area contributed by atoms with Crippen LogP contribution in [0, 0.1) is 6.92 Å². The summed E-state index contributed by atoms with van der Waals surface area (Å²) < 4.78 is 11.3. The average Bonchev–Trinajstić information content (AvgIpc) is 2.76. The minimum atomic E-state index is -0.0276. The molecule has 0 saturated carbocycles. The van der Waals surface area contributed by atoms with Crippen molar-refractivity contribution in [3.63, 3.8) is 0 Å². The van der Waals surface area contributed by atoms with Crippen LogP contribution < -0.4 is 4.74 Å². The van der Waals surface area contributed by atoms with Crippen LogP contribution >= 0.6 is 15.9 Å². The molecule has 2 rings (SSSR count). The van der Waals surface area contributed by atoms with Crippen LogP contribution in [-0.2, 0) is 6.42 Å². The lowest BCUT2D eigenvalue weighted by Crippen LogP contribution is -2.02. The van der Waals surface area contributed by atoms with Gasteiger partial charge in [-0.1, -0.05) is 6.07 Å². The van der Waals surface area contributed by atoms with Gasteiger partial charge in [-0.05, 0) is 52.7 Å². The van der Waals surface area contributed by atoms with E-state index in [1.807, 2.05) is 25.1 Å². The Balaban J connectivity index is 2.14. The Morgan fingerprint density at radius 2 is 2.11 bits per heavy atom. The normalized spacial score (nSPS) is 10.4. The van der Waals surface area contributed by atoms with Gasteiger partial charge in [0.05, 0.1) is 11.6 Å². The Labute approximate surface area is 114 Å². The summed E-state index contributed by atoms with van der Waals surface area (Å²) >= 11 is 3.40. The molecular weight excluding hydrogens is 296 g/mol. The van der Waals surface area contributed by atoms with Crippen molar-refractivity contribution in [1.82, 2.24) is 0 Å². The van der Waals surface area contributed by atoms with Crippen molar-refractivity contribution in [3.8, 4) is 5.75 Å². The smallest absolute Gasteiger partial charge is 0.202 e. The molecule has 0 unspecified atom stereocenters. The van der Waals surface area contributed by atoms with E-state index in [0.29, 0.717) is 12.2 Å². The molecule has 0 aliphatic rings. The molecule has 0 bridgehead atoms. The average molecular weight is 309 g/mol. The molecule has 1 aromatic carbocycles. The van der Waals surface area contributed by atoms with Crippen LogP contribution in [0.25, 0.3) is 0 Å². The maximum Gasteiger partial charge on any atom is 0.202 e. The topological polar surface area (TPSA) is 39.4 Å². The third-order valence-electron chi connectivity index (χ3n) is 2.60. The zero-order chi connectivity index (χ0) is 13.1. The molecule has 3 nitrogen and oxygen atoms in total. The first-order valence-corrected chi connectivity index (χ1v) is 6.31. The number of hydrogen-bond donors (Lipinski definition) is 0. The van der Waals surface area contributed by atoms with Crippen molar-refractivity contribution < 1.29 is 13.9 Å². The second kappa shape index (κ2) is 5.40. The van der Waals surface area contributed by atoms with Gasteiger partial charge in [0.25, 0.3) is 0 Å². The fourth-order valence-corrected chi connectivity index (χ4v) is 2.26. The molecule has 2 aromatic rings. The summed E-state index contributed by atoms with van der Waals surface area (Å²) in [6, 6.07) is 9.08. The summed E-state index contributed by atoms with van der Waals surface area (Å²) in [7, 11) is 1.61. The van der Waals surface area contributed by atoms with Crippen LogP contribution in [0.15, 0.2) is 39.2 Å². The molecule has 0 aliphatic heterocycles. The number of ether oxygens (including phenoxy) is 1.